The second-order valence-electron chi connectivity index (χ2n) is 2.49. The molecule has 2 nitrogen and oxygen atoms in total. The minimum Gasteiger partial charge on any atom is -0.501 e. The fraction of sp³-hybridized carbons (Fsp3) is 0.182. The Kier molecular flexibility index (Phi) is 3.76. The van der Waals surface area contributed by atoms with E-state index in [0.29, 0.717) is 12.2 Å². The summed E-state index contributed by atoms with van der Waals surface area (Å²) >= 11 is 0. The van der Waals surface area contributed by atoms with E-state index in [1.807, 2.05) is 25.1 Å². The first-order chi connectivity index (χ1) is 6.34. The van der Waals surface area contributed by atoms with Gasteiger partial charge in [-0.2, -0.15) is 0 Å². The molecule has 0 radical (unpaired) electrons. The first-order valence-corrected chi connectivity index (χ1v) is 4.22. The molecule has 0 bridgehead atoms. The van der Waals surface area contributed by atoms with E-state index in [9.17, 15) is 4.79 Å². The van der Waals surface area contributed by atoms with E-state index in [-0.39, 0.29) is 5.78 Å². The number of rotatable bonds is 4. The molecule has 0 atom stereocenters. The molecule has 1 rings (SSSR count). The van der Waals surface area contributed by atoms with E-state index in [2.05, 4.69) is 0 Å². The second kappa shape index (κ2) is 5.14. The van der Waals surface area contributed by atoms with Crippen LogP contribution in [0.25, 0.3) is 0 Å². The fourth-order valence-corrected chi connectivity index (χ4v) is 0.905. The van der Waals surface area contributed by atoms with Gasteiger partial charge in [0.2, 0.25) is 0 Å². The number of carbonyl (C=O) groups is 1. The summed E-state index contributed by atoms with van der Waals surface area (Å²) in [5.41, 5.74) is 0.679. The summed E-state index contributed by atoms with van der Waals surface area (Å²) in [7, 11) is 0. The van der Waals surface area contributed by atoms with E-state index >= 15 is 0 Å². The summed E-state index contributed by atoms with van der Waals surface area (Å²) in [6.45, 7) is 2.45. The van der Waals surface area contributed by atoms with Crippen LogP contribution in [0, 0.1) is 0 Å². The molecule has 0 N–H and O–H groups in total. The molecule has 0 fully saturated rings. The van der Waals surface area contributed by atoms with Gasteiger partial charge in [-0.3, -0.25) is 4.79 Å². The predicted octanol–water partition coefficient (Wildman–Crippen LogP) is 2.42. The smallest absolute Gasteiger partial charge is 0.188 e. The average Bonchev–Trinajstić information content (AvgIpc) is 2.19. The van der Waals surface area contributed by atoms with Crippen LogP contribution in [-0.4, -0.2) is 12.4 Å². The maximum absolute atomic E-state index is 11.4. The van der Waals surface area contributed by atoms with Crippen LogP contribution in [0.4, 0.5) is 0 Å². The molecular weight excluding hydrogens is 164 g/mol. The van der Waals surface area contributed by atoms with Gasteiger partial charge in [0, 0.05) is 11.6 Å². The van der Waals surface area contributed by atoms with Gasteiger partial charge in [0.1, 0.15) is 0 Å². The highest BCUT2D eigenvalue weighted by Gasteiger charge is 1.98. The SMILES string of the molecule is CCOC=CC(=O)c1ccccc1. The second-order valence-corrected chi connectivity index (χ2v) is 2.49. The van der Waals surface area contributed by atoms with Gasteiger partial charge in [0.25, 0.3) is 0 Å². The van der Waals surface area contributed by atoms with Gasteiger partial charge in [0.15, 0.2) is 5.78 Å². The summed E-state index contributed by atoms with van der Waals surface area (Å²) < 4.78 is 4.92. The Bertz CT molecular complexity index is 288. The van der Waals surface area contributed by atoms with Gasteiger partial charge in [-0.1, -0.05) is 30.3 Å². The third-order valence-electron chi connectivity index (χ3n) is 1.54. The summed E-state index contributed by atoms with van der Waals surface area (Å²) in [4.78, 5) is 11.4. The number of carbonyl (C=O) groups excluding carboxylic acids is 1. The minimum absolute atomic E-state index is 0.0333. The molecule has 2 heteroatoms. The Labute approximate surface area is 77.8 Å². The van der Waals surface area contributed by atoms with Crippen molar-refractivity contribution in [2.24, 2.45) is 0 Å². The lowest BCUT2D eigenvalue weighted by atomic mass is 10.1. The first-order valence-electron chi connectivity index (χ1n) is 4.22. The van der Waals surface area contributed by atoms with E-state index in [0.717, 1.165) is 0 Å². The number of allylic oxidation sites excluding steroid dienone is 1. The van der Waals surface area contributed by atoms with Crippen molar-refractivity contribution < 1.29 is 9.53 Å². The minimum atomic E-state index is -0.0333. The molecule has 0 aliphatic heterocycles. The molecule has 68 valence electrons. The monoisotopic (exact) mass is 176 g/mol. The van der Waals surface area contributed by atoms with Gasteiger partial charge in [-0.15, -0.1) is 0 Å². The highest BCUT2D eigenvalue weighted by Crippen LogP contribution is 2.00. The van der Waals surface area contributed by atoms with E-state index < -0.39 is 0 Å². The predicted molar refractivity (Wildman–Crippen MR) is 51.5 cm³/mol. The Balaban J connectivity index is 2.59. The maximum atomic E-state index is 11.4. The van der Waals surface area contributed by atoms with Gasteiger partial charge < -0.3 is 4.74 Å². The van der Waals surface area contributed by atoms with Crippen molar-refractivity contribution in [1.82, 2.24) is 0 Å². The zero-order valence-electron chi connectivity index (χ0n) is 7.57. The largest absolute Gasteiger partial charge is 0.501 e. The molecule has 1 aromatic rings. The van der Waals surface area contributed by atoms with Crippen molar-refractivity contribution in [3.8, 4) is 0 Å². The molecule has 0 amide bonds. The third-order valence-corrected chi connectivity index (χ3v) is 1.54. The van der Waals surface area contributed by atoms with Gasteiger partial charge in [0.05, 0.1) is 12.9 Å². The van der Waals surface area contributed by atoms with Crippen molar-refractivity contribution in [3.63, 3.8) is 0 Å². The van der Waals surface area contributed by atoms with E-state index in [4.69, 9.17) is 4.74 Å². The Hall–Kier alpha value is -1.57. The molecule has 0 unspecified atom stereocenters. The molecule has 0 heterocycles. The zero-order valence-corrected chi connectivity index (χ0v) is 7.57. The molecule has 0 aromatic heterocycles. The van der Waals surface area contributed by atoms with Crippen molar-refractivity contribution in [2.45, 2.75) is 6.92 Å². The molecule has 0 aliphatic rings. The molecule has 13 heavy (non-hydrogen) atoms. The third kappa shape index (κ3) is 3.11. The van der Waals surface area contributed by atoms with Crippen molar-refractivity contribution in [3.05, 3.63) is 48.2 Å². The van der Waals surface area contributed by atoms with Crippen LogP contribution in [0.2, 0.25) is 0 Å². The van der Waals surface area contributed by atoms with Gasteiger partial charge in [-0.25, -0.2) is 0 Å². The Morgan fingerprint density at radius 3 is 2.69 bits per heavy atom. The first kappa shape index (κ1) is 9.52. The average molecular weight is 176 g/mol. The normalized spacial score (nSPS) is 10.2. The molecule has 0 aliphatic carbocycles. The molecule has 1 aromatic carbocycles. The summed E-state index contributed by atoms with van der Waals surface area (Å²) in [6.07, 6.45) is 2.86. The highest BCUT2D eigenvalue weighted by molar-refractivity contribution is 6.04. The van der Waals surface area contributed by atoms with E-state index in [1.54, 1.807) is 12.1 Å². The molecule has 0 spiro atoms. The lowest BCUT2D eigenvalue weighted by molar-refractivity contribution is 0.104. The van der Waals surface area contributed by atoms with Crippen molar-refractivity contribution in [1.29, 1.82) is 0 Å². The number of ether oxygens (including phenoxy) is 1. The summed E-state index contributed by atoms with van der Waals surface area (Å²) in [5.74, 6) is -0.0333. The van der Waals surface area contributed by atoms with Crippen LogP contribution >= 0.6 is 0 Å². The van der Waals surface area contributed by atoms with E-state index in [1.165, 1.54) is 12.3 Å². The van der Waals surface area contributed by atoms with Crippen molar-refractivity contribution in [2.75, 3.05) is 6.61 Å². The fourth-order valence-electron chi connectivity index (χ4n) is 0.905. The van der Waals surface area contributed by atoms with Crippen molar-refractivity contribution >= 4 is 5.78 Å². The number of benzene rings is 1. The van der Waals surface area contributed by atoms with Crippen LogP contribution in [0.1, 0.15) is 17.3 Å². The lowest BCUT2D eigenvalue weighted by Crippen LogP contribution is -1.93. The lowest BCUT2D eigenvalue weighted by Gasteiger charge is -1.94. The van der Waals surface area contributed by atoms with Crippen LogP contribution in [-0.2, 0) is 4.74 Å². The van der Waals surface area contributed by atoms with Gasteiger partial charge >= 0.3 is 0 Å². The van der Waals surface area contributed by atoms with Crippen LogP contribution in [0.3, 0.4) is 0 Å². The maximum Gasteiger partial charge on any atom is 0.188 e. The Morgan fingerprint density at radius 1 is 1.38 bits per heavy atom. The van der Waals surface area contributed by atoms with Gasteiger partial charge in [-0.05, 0) is 6.92 Å². The molecule has 0 saturated carbocycles. The molecular formula is C11H12O2. The zero-order chi connectivity index (χ0) is 9.52. The molecule has 0 saturated heterocycles. The van der Waals surface area contributed by atoms with Crippen LogP contribution in [0.5, 0.6) is 0 Å². The Morgan fingerprint density at radius 2 is 2.08 bits per heavy atom. The summed E-state index contributed by atoms with van der Waals surface area (Å²) in [6, 6.07) is 9.10. The van der Waals surface area contributed by atoms with Crippen LogP contribution < -0.4 is 0 Å². The number of hydrogen-bond acceptors (Lipinski definition) is 2. The van der Waals surface area contributed by atoms with Crippen LogP contribution in [0.15, 0.2) is 42.7 Å². The summed E-state index contributed by atoms with van der Waals surface area (Å²) in [5, 5.41) is 0. The number of ketones is 1. The standard InChI is InChI=1S/C11H12O2/c1-2-13-9-8-11(12)10-6-4-3-5-7-10/h3-9H,2H2,1H3. The quantitative estimate of drug-likeness (QED) is 0.400. The topological polar surface area (TPSA) is 26.3 Å². The highest BCUT2D eigenvalue weighted by atomic mass is 16.5. The number of hydrogen-bond donors (Lipinski definition) is 0.